The monoisotopic (exact) mass is 495 g/mol. The average molecular weight is 496 g/mol. The van der Waals surface area contributed by atoms with E-state index in [1.54, 1.807) is 19.1 Å². The Labute approximate surface area is 210 Å². The summed E-state index contributed by atoms with van der Waals surface area (Å²) in [5.74, 6) is 1.22. The summed E-state index contributed by atoms with van der Waals surface area (Å²) in [5, 5.41) is -0.0700. The Morgan fingerprint density at radius 3 is 2.49 bits per heavy atom. The van der Waals surface area contributed by atoms with Gasteiger partial charge in [0.15, 0.2) is 23.0 Å². The second kappa shape index (κ2) is 9.57. The normalized spacial score (nSPS) is 27.9. The molecule has 0 bridgehead atoms. The molecule has 6 nitrogen and oxygen atoms in total. The number of alkyl halides is 1. The van der Waals surface area contributed by atoms with Crippen molar-refractivity contribution in [3.05, 3.63) is 71.0 Å². The predicted octanol–water partition coefficient (Wildman–Crippen LogP) is 4.71. The van der Waals surface area contributed by atoms with Crippen molar-refractivity contribution in [1.29, 1.82) is 0 Å². The van der Waals surface area contributed by atoms with Crippen molar-refractivity contribution in [2.45, 2.75) is 43.7 Å². The summed E-state index contributed by atoms with van der Waals surface area (Å²) in [6.07, 6.45) is 1.55. The van der Waals surface area contributed by atoms with Crippen molar-refractivity contribution >= 4 is 23.3 Å². The maximum Gasteiger partial charge on any atom is 0.290 e. The van der Waals surface area contributed by atoms with E-state index in [1.165, 1.54) is 0 Å². The zero-order valence-corrected chi connectivity index (χ0v) is 21.0. The predicted molar refractivity (Wildman–Crippen MR) is 133 cm³/mol. The minimum Gasteiger partial charge on any atom is -0.493 e. The molecule has 0 radical (unpaired) electrons. The summed E-state index contributed by atoms with van der Waals surface area (Å²) in [4.78, 5) is 29.2. The molecule has 0 N–H and O–H groups in total. The number of benzene rings is 2. The summed E-state index contributed by atoms with van der Waals surface area (Å²) in [6, 6.07) is 15.0. The first kappa shape index (κ1) is 23.7. The fourth-order valence-electron chi connectivity index (χ4n) is 5.56. The molecule has 0 aromatic heterocycles. The lowest BCUT2D eigenvalue weighted by molar-refractivity contribution is -0.136. The lowest BCUT2D eigenvalue weighted by Crippen LogP contribution is -2.44. The summed E-state index contributed by atoms with van der Waals surface area (Å²) in [6.45, 7) is 2.51. The maximum absolute atomic E-state index is 13.8. The van der Waals surface area contributed by atoms with Crippen LogP contribution in [0.15, 0.2) is 59.9 Å². The highest BCUT2D eigenvalue weighted by Crippen LogP contribution is 2.48. The van der Waals surface area contributed by atoms with Gasteiger partial charge in [0.25, 0.3) is 5.91 Å². The van der Waals surface area contributed by atoms with Crippen LogP contribution in [0, 0.1) is 11.8 Å². The number of amides is 1. The Hall–Kier alpha value is -2.99. The van der Waals surface area contributed by atoms with Crippen molar-refractivity contribution < 1.29 is 23.8 Å². The quantitative estimate of drug-likeness (QED) is 0.543. The van der Waals surface area contributed by atoms with E-state index in [2.05, 4.69) is 6.92 Å². The molecule has 5 rings (SSSR count). The SMILES string of the molecule is COc1ccc(CCN2C(=O)C3=C(C(=O)C4CC(Cl)C(C)CC4O3)C2c2ccccc2)cc1OC. The number of hydrogen-bond donors (Lipinski definition) is 0. The van der Waals surface area contributed by atoms with Gasteiger partial charge in [-0.25, -0.2) is 0 Å². The highest BCUT2D eigenvalue weighted by Gasteiger charge is 2.53. The molecule has 2 heterocycles. The van der Waals surface area contributed by atoms with Crippen molar-refractivity contribution in [2.24, 2.45) is 11.8 Å². The Bertz CT molecular complexity index is 1160. The number of Topliss-reactive ketones (excluding diaryl/α,β-unsaturated/α-hetero) is 1. The van der Waals surface area contributed by atoms with Gasteiger partial charge in [-0.2, -0.15) is 0 Å². The summed E-state index contributed by atoms with van der Waals surface area (Å²) >= 11 is 6.55. The van der Waals surface area contributed by atoms with Crippen LogP contribution in [0.25, 0.3) is 0 Å². The van der Waals surface area contributed by atoms with Crippen LogP contribution in [-0.2, 0) is 20.7 Å². The Kier molecular flexibility index (Phi) is 6.49. The molecule has 1 saturated carbocycles. The van der Waals surface area contributed by atoms with Gasteiger partial charge in [-0.05, 0) is 48.4 Å². The third-order valence-electron chi connectivity index (χ3n) is 7.51. The van der Waals surface area contributed by atoms with Crippen LogP contribution >= 0.6 is 11.6 Å². The molecule has 7 heteroatoms. The molecular weight excluding hydrogens is 466 g/mol. The van der Waals surface area contributed by atoms with Crippen molar-refractivity contribution in [1.82, 2.24) is 4.90 Å². The van der Waals surface area contributed by atoms with E-state index < -0.39 is 6.04 Å². The lowest BCUT2D eigenvalue weighted by atomic mass is 9.74. The first-order valence-corrected chi connectivity index (χ1v) is 12.5. The van der Waals surface area contributed by atoms with Gasteiger partial charge in [0.1, 0.15) is 6.10 Å². The van der Waals surface area contributed by atoms with Gasteiger partial charge < -0.3 is 19.1 Å². The Morgan fingerprint density at radius 1 is 1.03 bits per heavy atom. The Morgan fingerprint density at radius 2 is 1.77 bits per heavy atom. The van der Waals surface area contributed by atoms with Crippen LogP contribution in [-0.4, -0.2) is 48.8 Å². The topological polar surface area (TPSA) is 65.1 Å². The number of carbonyl (C=O) groups excluding carboxylic acids is 2. The molecule has 5 atom stereocenters. The molecule has 35 heavy (non-hydrogen) atoms. The number of methoxy groups -OCH3 is 2. The molecule has 3 aliphatic rings. The van der Waals surface area contributed by atoms with Crippen LogP contribution in [0.3, 0.4) is 0 Å². The minimum absolute atomic E-state index is 0.00428. The third kappa shape index (κ3) is 4.18. The smallest absolute Gasteiger partial charge is 0.290 e. The van der Waals surface area contributed by atoms with Crippen LogP contribution in [0.1, 0.15) is 36.9 Å². The highest BCUT2D eigenvalue weighted by molar-refractivity contribution is 6.21. The molecule has 5 unspecified atom stereocenters. The molecule has 0 spiro atoms. The first-order valence-electron chi connectivity index (χ1n) is 12.1. The van der Waals surface area contributed by atoms with E-state index in [4.69, 9.17) is 25.8 Å². The lowest BCUT2D eigenvalue weighted by Gasteiger charge is -2.40. The van der Waals surface area contributed by atoms with Crippen LogP contribution < -0.4 is 9.47 Å². The van der Waals surface area contributed by atoms with Gasteiger partial charge >= 0.3 is 0 Å². The van der Waals surface area contributed by atoms with Gasteiger partial charge in [-0.15, -0.1) is 11.6 Å². The molecular formula is C28H30ClNO5. The summed E-state index contributed by atoms with van der Waals surface area (Å²) in [7, 11) is 3.20. The van der Waals surface area contributed by atoms with E-state index in [0.717, 1.165) is 11.1 Å². The summed E-state index contributed by atoms with van der Waals surface area (Å²) < 4.78 is 17.1. The number of ether oxygens (including phenoxy) is 3. The molecule has 1 aliphatic carbocycles. The van der Waals surface area contributed by atoms with Crippen LogP contribution in [0.4, 0.5) is 0 Å². The number of halogens is 1. The number of fused-ring (bicyclic) bond motifs is 1. The number of nitrogens with zero attached hydrogens (tertiary/aromatic N) is 1. The molecule has 1 amide bonds. The fourth-order valence-corrected chi connectivity index (χ4v) is 5.86. The maximum atomic E-state index is 13.8. The van der Waals surface area contributed by atoms with E-state index in [9.17, 15) is 9.59 Å². The van der Waals surface area contributed by atoms with E-state index in [0.29, 0.717) is 42.9 Å². The number of rotatable bonds is 6. The zero-order chi connectivity index (χ0) is 24.7. The molecule has 2 aromatic carbocycles. The third-order valence-corrected chi connectivity index (χ3v) is 8.12. The van der Waals surface area contributed by atoms with Gasteiger partial charge in [0, 0.05) is 11.9 Å². The van der Waals surface area contributed by atoms with Crippen molar-refractivity contribution in [3.8, 4) is 11.5 Å². The number of hydrogen-bond acceptors (Lipinski definition) is 5. The number of ketones is 1. The number of carbonyl (C=O) groups is 2. The van der Waals surface area contributed by atoms with Crippen molar-refractivity contribution in [3.63, 3.8) is 0 Å². The zero-order valence-electron chi connectivity index (χ0n) is 20.2. The van der Waals surface area contributed by atoms with E-state index in [1.807, 2.05) is 48.5 Å². The van der Waals surface area contributed by atoms with E-state index >= 15 is 0 Å². The summed E-state index contributed by atoms with van der Waals surface area (Å²) in [5.41, 5.74) is 2.39. The largest absolute Gasteiger partial charge is 0.493 e. The second-order valence-corrected chi connectivity index (χ2v) is 10.1. The van der Waals surface area contributed by atoms with Gasteiger partial charge in [-0.1, -0.05) is 43.3 Å². The van der Waals surface area contributed by atoms with Crippen LogP contribution in [0.2, 0.25) is 0 Å². The molecule has 184 valence electrons. The Balaban J connectivity index is 1.46. The fraction of sp³-hybridized carbons (Fsp3) is 0.429. The molecule has 2 aromatic rings. The van der Waals surface area contributed by atoms with Gasteiger partial charge in [-0.3, -0.25) is 9.59 Å². The van der Waals surface area contributed by atoms with Crippen molar-refractivity contribution in [2.75, 3.05) is 20.8 Å². The second-order valence-electron chi connectivity index (χ2n) is 9.59. The minimum atomic E-state index is -0.472. The standard InChI is InChI=1S/C28H30ClNO5/c1-16-13-22-19(15-20(16)29)26(31)24-25(18-7-5-4-6-8-18)30(28(32)27(24)35-22)12-11-17-9-10-21(33-2)23(14-17)34-3/h4-10,14,16,19-20,22,25H,11-13,15H2,1-3H3. The molecule has 0 saturated heterocycles. The molecule has 2 aliphatic heterocycles. The highest BCUT2D eigenvalue weighted by atomic mass is 35.5. The molecule has 1 fully saturated rings. The van der Waals surface area contributed by atoms with Gasteiger partial charge in [0.05, 0.1) is 31.8 Å². The van der Waals surface area contributed by atoms with Crippen LogP contribution in [0.5, 0.6) is 11.5 Å². The first-order chi connectivity index (χ1) is 16.9. The van der Waals surface area contributed by atoms with E-state index in [-0.39, 0.29) is 40.8 Å². The van der Waals surface area contributed by atoms with Gasteiger partial charge in [0.2, 0.25) is 0 Å². The average Bonchev–Trinajstić information content (AvgIpc) is 3.16.